The highest BCUT2D eigenvalue weighted by Crippen LogP contribution is 2.30. The number of guanidine groups is 1. The molecule has 2 aromatic rings. The molecule has 0 bridgehead atoms. The van der Waals surface area contributed by atoms with Crippen molar-refractivity contribution in [2.75, 3.05) is 19.8 Å². The molecular formula is C20H25FIN3O2. The molecule has 0 radical (unpaired) electrons. The zero-order chi connectivity index (χ0) is 18.2. The van der Waals surface area contributed by atoms with Gasteiger partial charge in [0.25, 0.3) is 0 Å². The molecule has 0 fully saturated rings. The minimum atomic E-state index is -0.223. The third-order valence-corrected chi connectivity index (χ3v) is 3.98. The van der Waals surface area contributed by atoms with Crippen molar-refractivity contribution in [1.82, 2.24) is 10.6 Å². The van der Waals surface area contributed by atoms with Crippen LogP contribution < -0.4 is 20.1 Å². The Bertz CT molecular complexity index is 771. The van der Waals surface area contributed by atoms with Crippen molar-refractivity contribution in [1.29, 1.82) is 0 Å². The van der Waals surface area contributed by atoms with E-state index in [9.17, 15) is 4.39 Å². The highest BCUT2D eigenvalue weighted by Gasteiger charge is 2.10. The van der Waals surface area contributed by atoms with Crippen molar-refractivity contribution in [3.63, 3.8) is 0 Å². The largest absolute Gasteiger partial charge is 0.490 e. The lowest BCUT2D eigenvalue weighted by Crippen LogP contribution is -2.37. The second-order valence-electron chi connectivity index (χ2n) is 5.97. The number of nitrogens with zero attached hydrogens (tertiary/aromatic N) is 1. The second kappa shape index (κ2) is 11.0. The quantitative estimate of drug-likeness (QED) is 0.384. The smallest absolute Gasteiger partial charge is 0.191 e. The van der Waals surface area contributed by atoms with Crippen molar-refractivity contribution >= 4 is 29.9 Å². The molecule has 1 heterocycles. The third kappa shape index (κ3) is 6.27. The number of ether oxygens (including phenoxy) is 2. The Labute approximate surface area is 176 Å². The first kappa shape index (κ1) is 21.3. The summed E-state index contributed by atoms with van der Waals surface area (Å²) in [6, 6.07) is 12.6. The molecule has 0 saturated carbocycles. The zero-order valence-corrected chi connectivity index (χ0v) is 17.7. The Morgan fingerprint density at radius 3 is 2.63 bits per heavy atom. The topological polar surface area (TPSA) is 54.9 Å². The standard InChI is InChI=1S/C20H24FN3O2.HI/c1-2-22-20(24-14-16-6-3-4-7-17(16)21)23-13-15-8-9-18-19(12-15)26-11-5-10-25-18;/h3-4,6-9,12H,2,5,10-11,13-14H2,1H3,(H2,22,23,24);1H. The highest BCUT2D eigenvalue weighted by molar-refractivity contribution is 14.0. The van der Waals surface area contributed by atoms with Gasteiger partial charge in [-0.05, 0) is 30.7 Å². The summed E-state index contributed by atoms with van der Waals surface area (Å²) in [6.45, 7) is 4.92. The number of benzene rings is 2. The van der Waals surface area contributed by atoms with Gasteiger partial charge in [-0.3, -0.25) is 0 Å². The molecule has 0 saturated heterocycles. The van der Waals surface area contributed by atoms with Crippen LogP contribution in [0, 0.1) is 5.82 Å². The van der Waals surface area contributed by atoms with E-state index in [1.165, 1.54) is 6.07 Å². The first-order chi connectivity index (χ1) is 12.8. The van der Waals surface area contributed by atoms with Crippen LogP contribution in [0.15, 0.2) is 47.5 Å². The molecule has 0 unspecified atom stereocenters. The average molecular weight is 485 g/mol. The summed E-state index contributed by atoms with van der Waals surface area (Å²) in [6.07, 6.45) is 0.882. The Balaban J connectivity index is 0.00000261. The highest BCUT2D eigenvalue weighted by atomic mass is 127. The number of rotatable bonds is 5. The van der Waals surface area contributed by atoms with Gasteiger partial charge in [0.1, 0.15) is 5.82 Å². The normalized spacial score (nSPS) is 13.3. The fourth-order valence-electron chi connectivity index (χ4n) is 2.64. The number of hydrogen-bond donors (Lipinski definition) is 2. The number of aliphatic imine (C=N–C) groups is 1. The number of fused-ring (bicyclic) bond motifs is 1. The fourth-order valence-corrected chi connectivity index (χ4v) is 2.64. The number of nitrogens with one attached hydrogen (secondary N) is 2. The molecule has 5 nitrogen and oxygen atoms in total. The Morgan fingerprint density at radius 1 is 1.07 bits per heavy atom. The number of hydrogen-bond acceptors (Lipinski definition) is 3. The SMILES string of the molecule is CCNC(=NCc1ccc2c(c1)OCCCO2)NCc1ccccc1F.I. The number of halogens is 2. The summed E-state index contributed by atoms with van der Waals surface area (Å²) in [7, 11) is 0. The van der Waals surface area contributed by atoms with E-state index in [-0.39, 0.29) is 29.8 Å². The van der Waals surface area contributed by atoms with E-state index in [4.69, 9.17) is 9.47 Å². The van der Waals surface area contributed by atoms with Gasteiger partial charge in [0.05, 0.1) is 19.8 Å². The van der Waals surface area contributed by atoms with Gasteiger partial charge >= 0.3 is 0 Å². The van der Waals surface area contributed by atoms with E-state index in [0.717, 1.165) is 30.0 Å². The molecule has 0 amide bonds. The van der Waals surface area contributed by atoms with Crippen LogP contribution >= 0.6 is 24.0 Å². The molecule has 7 heteroatoms. The lowest BCUT2D eigenvalue weighted by molar-refractivity contribution is 0.297. The first-order valence-corrected chi connectivity index (χ1v) is 8.90. The zero-order valence-electron chi connectivity index (χ0n) is 15.3. The molecule has 27 heavy (non-hydrogen) atoms. The summed E-state index contributed by atoms with van der Waals surface area (Å²) >= 11 is 0. The second-order valence-corrected chi connectivity index (χ2v) is 5.97. The van der Waals surface area contributed by atoms with E-state index in [2.05, 4.69) is 15.6 Å². The predicted molar refractivity (Wildman–Crippen MR) is 116 cm³/mol. The Hall–Kier alpha value is -2.03. The van der Waals surface area contributed by atoms with Crippen LogP contribution in [0.5, 0.6) is 11.5 Å². The van der Waals surface area contributed by atoms with Crippen LogP contribution in [0.3, 0.4) is 0 Å². The minimum absolute atomic E-state index is 0. The molecule has 3 rings (SSSR count). The molecule has 146 valence electrons. The van der Waals surface area contributed by atoms with Gasteiger partial charge in [-0.25, -0.2) is 9.38 Å². The minimum Gasteiger partial charge on any atom is -0.490 e. The Morgan fingerprint density at radius 2 is 1.85 bits per heavy atom. The Kier molecular flexibility index (Phi) is 8.63. The summed E-state index contributed by atoms with van der Waals surface area (Å²) in [5.41, 5.74) is 1.63. The van der Waals surface area contributed by atoms with Gasteiger partial charge in [0, 0.05) is 25.1 Å². The van der Waals surface area contributed by atoms with Gasteiger partial charge in [-0.15, -0.1) is 24.0 Å². The van der Waals surface area contributed by atoms with Gasteiger partial charge in [-0.2, -0.15) is 0 Å². The molecule has 0 aliphatic carbocycles. The molecule has 0 atom stereocenters. The summed E-state index contributed by atoms with van der Waals surface area (Å²) in [5, 5.41) is 6.34. The molecule has 1 aliphatic heterocycles. The van der Waals surface area contributed by atoms with Crippen LogP contribution in [0.2, 0.25) is 0 Å². The maximum absolute atomic E-state index is 13.7. The van der Waals surface area contributed by atoms with Crippen LogP contribution in [-0.4, -0.2) is 25.7 Å². The van der Waals surface area contributed by atoms with Gasteiger partial charge < -0.3 is 20.1 Å². The summed E-state index contributed by atoms with van der Waals surface area (Å²) in [5.74, 6) is 1.96. The van der Waals surface area contributed by atoms with E-state index >= 15 is 0 Å². The molecular weight excluding hydrogens is 460 g/mol. The van der Waals surface area contributed by atoms with Crippen molar-refractivity contribution < 1.29 is 13.9 Å². The fraction of sp³-hybridized carbons (Fsp3) is 0.350. The van der Waals surface area contributed by atoms with E-state index < -0.39 is 0 Å². The van der Waals surface area contributed by atoms with Crippen molar-refractivity contribution in [3.8, 4) is 11.5 Å². The van der Waals surface area contributed by atoms with Crippen LogP contribution in [0.25, 0.3) is 0 Å². The molecule has 0 aromatic heterocycles. The maximum atomic E-state index is 13.7. The molecule has 2 aromatic carbocycles. The maximum Gasteiger partial charge on any atom is 0.191 e. The molecule has 0 spiro atoms. The van der Waals surface area contributed by atoms with Crippen LogP contribution in [0.4, 0.5) is 4.39 Å². The van der Waals surface area contributed by atoms with E-state index in [1.54, 1.807) is 12.1 Å². The van der Waals surface area contributed by atoms with Crippen LogP contribution in [0.1, 0.15) is 24.5 Å². The molecule has 1 aliphatic rings. The lowest BCUT2D eigenvalue weighted by atomic mass is 10.2. The molecule has 2 N–H and O–H groups in total. The summed E-state index contributed by atoms with van der Waals surface area (Å²) < 4.78 is 25.1. The first-order valence-electron chi connectivity index (χ1n) is 8.90. The van der Waals surface area contributed by atoms with Crippen molar-refractivity contribution in [2.45, 2.75) is 26.4 Å². The van der Waals surface area contributed by atoms with Crippen LogP contribution in [-0.2, 0) is 13.1 Å². The van der Waals surface area contributed by atoms with Crippen molar-refractivity contribution in [3.05, 3.63) is 59.4 Å². The van der Waals surface area contributed by atoms with Crippen molar-refractivity contribution in [2.24, 2.45) is 4.99 Å². The van der Waals surface area contributed by atoms with Gasteiger partial charge in [0.2, 0.25) is 0 Å². The van der Waals surface area contributed by atoms with Gasteiger partial charge in [-0.1, -0.05) is 24.3 Å². The monoisotopic (exact) mass is 485 g/mol. The predicted octanol–water partition coefficient (Wildman–Crippen LogP) is 3.86. The lowest BCUT2D eigenvalue weighted by Gasteiger charge is -2.12. The third-order valence-electron chi connectivity index (χ3n) is 3.98. The van der Waals surface area contributed by atoms with Gasteiger partial charge in [0.15, 0.2) is 17.5 Å². The van der Waals surface area contributed by atoms with E-state index in [0.29, 0.717) is 37.8 Å². The van der Waals surface area contributed by atoms with E-state index in [1.807, 2.05) is 31.2 Å². The average Bonchev–Trinajstić information content (AvgIpc) is 2.90. The summed E-state index contributed by atoms with van der Waals surface area (Å²) in [4.78, 5) is 4.58.